The topological polar surface area (TPSA) is 85.8 Å². The molecule has 0 saturated heterocycles. The van der Waals surface area contributed by atoms with Crippen LogP contribution in [0.3, 0.4) is 0 Å². The van der Waals surface area contributed by atoms with Gasteiger partial charge in [-0.1, -0.05) is 48.2 Å². The number of halogens is 1. The maximum atomic E-state index is 13.9. The van der Waals surface area contributed by atoms with Crippen LogP contribution >= 0.6 is 11.8 Å². The van der Waals surface area contributed by atoms with Crippen LogP contribution in [0.4, 0.5) is 4.39 Å². The second-order valence-electron chi connectivity index (χ2n) is 5.97. The van der Waals surface area contributed by atoms with Crippen LogP contribution in [0.15, 0.2) is 53.7 Å². The molecule has 1 amide bonds. The molecule has 0 aliphatic heterocycles. The zero-order chi connectivity index (χ0) is 19.2. The number of nitrogen functional groups attached to an aromatic ring is 1. The van der Waals surface area contributed by atoms with Crippen molar-refractivity contribution < 1.29 is 9.18 Å². The molecule has 27 heavy (non-hydrogen) atoms. The number of carbonyl (C=O) groups is 1. The van der Waals surface area contributed by atoms with Crippen molar-refractivity contribution in [3.63, 3.8) is 0 Å². The van der Waals surface area contributed by atoms with Gasteiger partial charge in [0, 0.05) is 6.54 Å². The van der Waals surface area contributed by atoms with Crippen molar-refractivity contribution in [3.8, 4) is 11.4 Å². The van der Waals surface area contributed by atoms with Gasteiger partial charge in [-0.3, -0.25) is 4.79 Å². The van der Waals surface area contributed by atoms with Gasteiger partial charge in [0.05, 0.1) is 11.3 Å². The summed E-state index contributed by atoms with van der Waals surface area (Å²) in [6.07, 6.45) is 0.771. The number of aryl methyl sites for hydroxylation is 1. The van der Waals surface area contributed by atoms with E-state index in [0.717, 1.165) is 18.2 Å². The van der Waals surface area contributed by atoms with Crippen molar-refractivity contribution in [3.05, 3.63) is 65.5 Å². The molecule has 0 saturated carbocycles. The standard InChI is InChI=1S/C19H20FN5OS/c1-13-6-2-3-7-14(13)10-11-22-17(26)12-27-19-24-23-18(25(19)21)15-8-4-5-9-16(15)20/h2-9H,10-12,21H2,1H3,(H,22,26). The van der Waals surface area contributed by atoms with Gasteiger partial charge in [-0.15, -0.1) is 10.2 Å². The molecule has 1 heterocycles. The second-order valence-corrected chi connectivity index (χ2v) is 6.91. The van der Waals surface area contributed by atoms with Gasteiger partial charge < -0.3 is 11.2 Å². The smallest absolute Gasteiger partial charge is 0.230 e. The Morgan fingerprint density at radius 2 is 1.93 bits per heavy atom. The Morgan fingerprint density at radius 1 is 1.19 bits per heavy atom. The largest absolute Gasteiger partial charge is 0.355 e. The van der Waals surface area contributed by atoms with Gasteiger partial charge in [0.15, 0.2) is 5.82 Å². The fourth-order valence-corrected chi connectivity index (χ4v) is 3.30. The molecule has 0 bridgehead atoms. The van der Waals surface area contributed by atoms with Gasteiger partial charge in [0.25, 0.3) is 0 Å². The van der Waals surface area contributed by atoms with Crippen LogP contribution in [0.2, 0.25) is 0 Å². The lowest BCUT2D eigenvalue weighted by Gasteiger charge is -2.07. The highest BCUT2D eigenvalue weighted by atomic mass is 32.2. The molecule has 0 unspecified atom stereocenters. The van der Waals surface area contributed by atoms with E-state index in [1.807, 2.05) is 25.1 Å². The van der Waals surface area contributed by atoms with Gasteiger partial charge >= 0.3 is 0 Å². The summed E-state index contributed by atoms with van der Waals surface area (Å²) in [7, 11) is 0. The predicted molar refractivity (Wildman–Crippen MR) is 104 cm³/mol. The molecule has 0 radical (unpaired) electrons. The molecule has 3 rings (SSSR count). The van der Waals surface area contributed by atoms with Crippen LogP contribution in [-0.2, 0) is 11.2 Å². The zero-order valence-corrected chi connectivity index (χ0v) is 15.7. The van der Waals surface area contributed by atoms with Crippen molar-refractivity contribution in [1.82, 2.24) is 20.2 Å². The van der Waals surface area contributed by atoms with Crippen molar-refractivity contribution in [2.45, 2.75) is 18.5 Å². The first-order chi connectivity index (χ1) is 13.1. The molecule has 1 aromatic heterocycles. The van der Waals surface area contributed by atoms with Gasteiger partial charge in [0.2, 0.25) is 11.1 Å². The van der Waals surface area contributed by atoms with Crippen molar-refractivity contribution in [1.29, 1.82) is 0 Å². The maximum absolute atomic E-state index is 13.9. The van der Waals surface area contributed by atoms with Crippen molar-refractivity contribution in [2.24, 2.45) is 0 Å². The van der Waals surface area contributed by atoms with E-state index in [4.69, 9.17) is 5.84 Å². The van der Waals surface area contributed by atoms with E-state index in [0.29, 0.717) is 11.7 Å². The third kappa shape index (κ3) is 4.65. The summed E-state index contributed by atoms with van der Waals surface area (Å²) >= 11 is 1.16. The molecule has 0 aliphatic rings. The molecular weight excluding hydrogens is 365 g/mol. The summed E-state index contributed by atoms with van der Waals surface area (Å²) in [6, 6.07) is 14.3. The number of benzene rings is 2. The minimum absolute atomic E-state index is 0.121. The number of nitrogens with zero attached hydrogens (tertiary/aromatic N) is 3. The minimum atomic E-state index is -0.429. The number of aromatic nitrogens is 3. The summed E-state index contributed by atoms with van der Waals surface area (Å²) < 4.78 is 15.1. The minimum Gasteiger partial charge on any atom is -0.355 e. The molecule has 0 spiro atoms. The van der Waals surface area contributed by atoms with Gasteiger partial charge in [-0.25, -0.2) is 9.07 Å². The molecular formula is C19H20FN5OS. The number of carbonyl (C=O) groups excluding carboxylic acids is 1. The number of nitrogens with one attached hydrogen (secondary N) is 1. The third-order valence-corrected chi connectivity index (χ3v) is 5.03. The van der Waals surface area contributed by atoms with Crippen LogP contribution in [0, 0.1) is 12.7 Å². The summed E-state index contributed by atoms with van der Waals surface area (Å²) in [5.74, 6) is 5.78. The van der Waals surface area contributed by atoms with Crippen LogP contribution < -0.4 is 11.2 Å². The van der Waals surface area contributed by atoms with Crippen LogP contribution in [0.5, 0.6) is 0 Å². The number of rotatable bonds is 7. The summed E-state index contributed by atoms with van der Waals surface area (Å²) in [5.41, 5.74) is 2.68. The van der Waals surface area contributed by atoms with Crippen LogP contribution in [-0.4, -0.2) is 33.1 Å². The van der Waals surface area contributed by atoms with Crippen molar-refractivity contribution >= 4 is 17.7 Å². The number of hydrogen-bond donors (Lipinski definition) is 2. The van der Waals surface area contributed by atoms with Crippen LogP contribution in [0.1, 0.15) is 11.1 Å². The summed E-state index contributed by atoms with van der Waals surface area (Å²) in [5, 5.41) is 11.1. The Bertz CT molecular complexity index is 943. The highest BCUT2D eigenvalue weighted by molar-refractivity contribution is 7.99. The lowest BCUT2D eigenvalue weighted by Crippen LogP contribution is -2.27. The quantitative estimate of drug-likeness (QED) is 0.482. The zero-order valence-electron chi connectivity index (χ0n) is 14.9. The first-order valence-electron chi connectivity index (χ1n) is 8.45. The predicted octanol–water partition coefficient (Wildman–Crippen LogP) is 2.56. The Hall–Kier alpha value is -2.87. The Balaban J connectivity index is 1.52. The highest BCUT2D eigenvalue weighted by Gasteiger charge is 2.16. The molecule has 140 valence electrons. The van der Waals surface area contributed by atoms with E-state index < -0.39 is 5.82 Å². The number of nitrogens with two attached hydrogens (primary N) is 1. The maximum Gasteiger partial charge on any atom is 0.230 e. The van der Waals surface area contributed by atoms with E-state index in [9.17, 15) is 9.18 Å². The number of amides is 1. The highest BCUT2D eigenvalue weighted by Crippen LogP contribution is 2.23. The first-order valence-corrected chi connectivity index (χ1v) is 9.44. The van der Waals surface area contributed by atoms with E-state index in [1.54, 1.807) is 18.2 Å². The Labute approximate surface area is 161 Å². The fourth-order valence-electron chi connectivity index (χ4n) is 2.61. The molecule has 2 aromatic carbocycles. The van der Waals surface area contributed by atoms with E-state index >= 15 is 0 Å². The molecule has 3 aromatic rings. The normalized spacial score (nSPS) is 10.7. The average molecular weight is 385 g/mol. The number of thioether (sulfide) groups is 1. The monoisotopic (exact) mass is 385 g/mol. The Kier molecular flexibility index (Phi) is 6.08. The first kappa shape index (κ1) is 18.9. The summed E-state index contributed by atoms with van der Waals surface area (Å²) in [6.45, 7) is 2.61. The third-order valence-electron chi connectivity index (χ3n) is 4.09. The summed E-state index contributed by atoms with van der Waals surface area (Å²) in [4.78, 5) is 12.0. The molecule has 3 N–H and O–H groups in total. The fraction of sp³-hybridized carbons (Fsp3) is 0.211. The van der Waals surface area contributed by atoms with Crippen LogP contribution in [0.25, 0.3) is 11.4 Å². The molecule has 0 aliphatic carbocycles. The van der Waals surface area contributed by atoms with E-state index in [-0.39, 0.29) is 23.0 Å². The van der Waals surface area contributed by atoms with Gasteiger partial charge in [0.1, 0.15) is 5.82 Å². The average Bonchev–Trinajstić information content (AvgIpc) is 3.02. The lowest BCUT2D eigenvalue weighted by atomic mass is 10.1. The SMILES string of the molecule is Cc1ccccc1CCNC(=O)CSc1nnc(-c2ccccc2F)n1N. The molecule has 8 heteroatoms. The van der Waals surface area contributed by atoms with Crippen molar-refractivity contribution in [2.75, 3.05) is 18.1 Å². The molecule has 0 atom stereocenters. The van der Waals surface area contributed by atoms with E-state index in [2.05, 4.69) is 21.6 Å². The second kappa shape index (κ2) is 8.68. The van der Waals surface area contributed by atoms with Gasteiger partial charge in [-0.2, -0.15) is 0 Å². The lowest BCUT2D eigenvalue weighted by molar-refractivity contribution is -0.118. The van der Waals surface area contributed by atoms with E-state index in [1.165, 1.54) is 21.9 Å². The molecule has 0 fully saturated rings. The molecule has 6 nitrogen and oxygen atoms in total. The Morgan fingerprint density at radius 3 is 2.70 bits per heavy atom. The van der Waals surface area contributed by atoms with Gasteiger partial charge in [-0.05, 0) is 36.6 Å². The number of hydrogen-bond acceptors (Lipinski definition) is 5.